The highest BCUT2D eigenvalue weighted by Crippen LogP contribution is 1.82. The topological polar surface area (TPSA) is 112 Å². The van der Waals surface area contributed by atoms with Gasteiger partial charge in [0.25, 0.3) is 5.97 Å². The molecule has 0 bridgehead atoms. The quantitative estimate of drug-likeness (QED) is 0.338. The first-order valence-corrected chi connectivity index (χ1v) is 6.98. The molecule has 0 spiro atoms. The highest BCUT2D eigenvalue weighted by atomic mass is 32.1. The van der Waals surface area contributed by atoms with E-state index >= 15 is 0 Å². The van der Waals surface area contributed by atoms with Gasteiger partial charge in [0.05, 0.1) is 0 Å². The molecule has 0 radical (unpaired) electrons. The minimum Gasteiger partial charge on any atom is -0.344 e. The monoisotopic (exact) mass is 348 g/mol. The fraction of sp³-hybridized carbons (Fsp3) is 0.727. The first kappa shape index (κ1) is 28.2. The first-order chi connectivity index (χ1) is 8.81. The van der Waals surface area contributed by atoms with Gasteiger partial charge in [-0.25, -0.2) is 0 Å². The maximum atomic E-state index is 9.68. The van der Waals surface area contributed by atoms with Crippen molar-refractivity contribution < 1.29 is 29.7 Å². The molecule has 0 saturated carbocycles. The molecular weight excluding hydrogens is 324 g/mol. The molecule has 0 rings (SSSR count). The Labute approximate surface area is 136 Å². The normalized spacial score (nSPS) is 8.70. The van der Waals surface area contributed by atoms with Crippen molar-refractivity contribution in [2.75, 3.05) is 0 Å². The highest BCUT2D eigenvalue weighted by Gasteiger charge is 2.03. The lowest BCUT2D eigenvalue weighted by atomic mass is 10.6. The van der Waals surface area contributed by atoms with Crippen molar-refractivity contribution in [1.82, 2.24) is 0 Å². The van der Waals surface area contributed by atoms with Gasteiger partial charge in [0.1, 0.15) is 0 Å². The van der Waals surface area contributed by atoms with Crippen LogP contribution in [0.1, 0.15) is 47.0 Å². The molecule has 0 aliphatic carbocycles. The number of thiol groups is 3. The van der Waals surface area contributed by atoms with Crippen molar-refractivity contribution in [3.8, 4) is 0 Å². The molecule has 6 nitrogen and oxygen atoms in total. The van der Waals surface area contributed by atoms with Crippen LogP contribution >= 0.6 is 37.9 Å². The van der Waals surface area contributed by atoms with Gasteiger partial charge >= 0.3 is 0 Å². The average molecular weight is 349 g/mol. The van der Waals surface area contributed by atoms with Gasteiger partial charge in [-0.1, -0.05) is 20.8 Å². The number of hydrogen-bond acceptors (Lipinski definition) is 6. The zero-order valence-electron chi connectivity index (χ0n) is 12.0. The van der Waals surface area contributed by atoms with Crippen LogP contribution in [0.3, 0.4) is 0 Å². The van der Waals surface area contributed by atoms with E-state index in [0.29, 0.717) is 19.3 Å². The summed E-state index contributed by atoms with van der Waals surface area (Å²) >= 11 is 10.4. The number of carbonyl (C=O) groups excluding carboxylic acids is 3. The van der Waals surface area contributed by atoms with E-state index in [1.54, 1.807) is 20.8 Å². The van der Waals surface area contributed by atoms with Crippen LogP contribution in [0.4, 0.5) is 0 Å². The largest absolute Gasteiger partial charge is 0.344 e. The van der Waals surface area contributed by atoms with Gasteiger partial charge < -0.3 is 15.3 Å². The molecule has 0 heterocycles. The van der Waals surface area contributed by atoms with Crippen LogP contribution in [-0.4, -0.2) is 36.6 Å². The van der Waals surface area contributed by atoms with E-state index in [2.05, 4.69) is 37.9 Å². The Morgan fingerprint density at radius 3 is 0.800 bits per heavy atom. The lowest BCUT2D eigenvalue weighted by Crippen LogP contribution is -2.20. The molecule has 0 aliphatic heterocycles. The number of hydrogen-bond donors (Lipinski definition) is 6. The summed E-state index contributed by atoms with van der Waals surface area (Å²) in [5.41, 5.74) is 0. The second kappa shape index (κ2) is 18.9. The Morgan fingerprint density at radius 1 is 0.750 bits per heavy atom. The molecule has 9 heteroatoms. The first-order valence-electron chi connectivity index (χ1n) is 5.64. The zero-order valence-corrected chi connectivity index (χ0v) is 14.7. The lowest BCUT2D eigenvalue weighted by Gasteiger charge is -2.01. The van der Waals surface area contributed by atoms with Crippen LogP contribution in [0.15, 0.2) is 0 Å². The number of aliphatic hydroxyl groups is 3. The molecule has 122 valence electrons. The minimum absolute atomic E-state index is 0.0509. The summed E-state index contributed by atoms with van der Waals surface area (Å²) in [6, 6.07) is 0. The van der Waals surface area contributed by atoms with Crippen molar-refractivity contribution in [3.05, 3.63) is 0 Å². The predicted molar refractivity (Wildman–Crippen MR) is 87.9 cm³/mol. The van der Waals surface area contributed by atoms with Crippen LogP contribution in [0, 0.1) is 0 Å². The third-order valence-corrected chi connectivity index (χ3v) is 1.86. The zero-order chi connectivity index (χ0) is 17.4. The molecule has 0 amide bonds. The van der Waals surface area contributed by atoms with E-state index in [9.17, 15) is 14.4 Å². The van der Waals surface area contributed by atoms with Crippen molar-refractivity contribution in [2.24, 2.45) is 0 Å². The van der Waals surface area contributed by atoms with Crippen molar-refractivity contribution >= 4 is 53.2 Å². The van der Waals surface area contributed by atoms with Crippen molar-refractivity contribution in [3.63, 3.8) is 0 Å². The van der Waals surface area contributed by atoms with Crippen LogP contribution < -0.4 is 0 Å². The van der Waals surface area contributed by atoms with Crippen LogP contribution in [0.25, 0.3) is 0 Å². The van der Waals surface area contributed by atoms with Crippen molar-refractivity contribution in [2.45, 2.75) is 52.9 Å². The van der Waals surface area contributed by atoms with Crippen molar-refractivity contribution in [1.29, 1.82) is 0 Å². The van der Waals surface area contributed by atoms with Crippen LogP contribution in [-0.2, 0) is 14.4 Å². The Hall–Kier alpha value is -0.0600. The Balaban J connectivity index is -0.0000000853. The molecule has 20 heavy (non-hydrogen) atoms. The fourth-order valence-corrected chi connectivity index (χ4v) is 0. The standard InChI is InChI=1S/3C3H6OS.C2H6O3/c3*1-2-3(4)5;1-2(3,4)5/h3*2H2,1H3,(H,4,5);3-5H,1H3. The molecule has 0 unspecified atom stereocenters. The lowest BCUT2D eigenvalue weighted by molar-refractivity contribution is -0.297. The Kier molecular flexibility index (Phi) is 26.7. The van der Waals surface area contributed by atoms with Gasteiger partial charge in [-0.3, -0.25) is 14.4 Å². The summed E-state index contributed by atoms with van der Waals surface area (Å²) in [5, 5.41) is 22.7. The molecular formula is C11H24O6S3. The summed E-state index contributed by atoms with van der Waals surface area (Å²) in [4.78, 5) is 29.0. The van der Waals surface area contributed by atoms with E-state index < -0.39 is 5.97 Å². The molecule has 0 fully saturated rings. The van der Waals surface area contributed by atoms with E-state index in [4.69, 9.17) is 15.3 Å². The summed E-state index contributed by atoms with van der Waals surface area (Å²) in [6.07, 6.45) is 1.59. The van der Waals surface area contributed by atoms with Gasteiger partial charge in [-0.2, -0.15) is 0 Å². The third kappa shape index (κ3) is 146. The summed E-state index contributed by atoms with van der Waals surface area (Å²) in [5.74, 6) is -2.50. The minimum atomic E-state index is -2.50. The fourth-order valence-electron chi connectivity index (χ4n) is 0. The maximum absolute atomic E-state index is 9.68. The third-order valence-electron chi connectivity index (χ3n) is 0.907. The molecule has 3 N–H and O–H groups in total. The number of rotatable bonds is 3. The molecule has 0 aromatic carbocycles. The highest BCUT2D eigenvalue weighted by molar-refractivity contribution is 7.97. The van der Waals surface area contributed by atoms with Crippen LogP contribution in [0.2, 0.25) is 0 Å². The second-order valence-electron chi connectivity index (χ2n) is 3.21. The van der Waals surface area contributed by atoms with Gasteiger partial charge in [0.15, 0.2) is 15.3 Å². The number of carbonyl (C=O) groups is 3. The molecule has 0 aromatic rings. The van der Waals surface area contributed by atoms with E-state index in [1.807, 2.05) is 0 Å². The molecule has 0 aromatic heterocycles. The maximum Gasteiger partial charge on any atom is 0.272 e. The van der Waals surface area contributed by atoms with E-state index in [1.165, 1.54) is 0 Å². The summed E-state index contributed by atoms with van der Waals surface area (Å²) < 4.78 is 0. The van der Waals surface area contributed by atoms with E-state index in [-0.39, 0.29) is 15.3 Å². The molecule has 0 aliphatic rings. The smallest absolute Gasteiger partial charge is 0.272 e. The van der Waals surface area contributed by atoms with E-state index in [0.717, 1.165) is 6.92 Å². The predicted octanol–water partition coefficient (Wildman–Crippen LogP) is 1.20. The van der Waals surface area contributed by atoms with Gasteiger partial charge in [0.2, 0.25) is 0 Å². The second-order valence-corrected chi connectivity index (χ2v) is 4.71. The summed E-state index contributed by atoms with van der Waals surface area (Å²) in [6.45, 7) is 6.17. The Bertz CT molecular complexity index is 224. The SMILES string of the molecule is CC(O)(O)O.CCC(=O)S.CCC(=O)S.CCC(=O)S. The van der Waals surface area contributed by atoms with Gasteiger partial charge in [0, 0.05) is 26.2 Å². The molecule has 0 atom stereocenters. The summed E-state index contributed by atoms with van der Waals surface area (Å²) in [7, 11) is 0. The van der Waals surface area contributed by atoms with Gasteiger partial charge in [-0.05, 0) is 0 Å². The Morgan fingerprint density at radius 2 is 0.800 bits per heavy atom. The average Bonchev–Trinajstić information content (AvgIpc) is 2.28. The van der Waals surface area contributed by atoms with Gasteiger partial charge in [-0.15, -0.1) is 37.9 Å². The molecule has 0 saturated heterocycles. The van der Waals surface area contributed by atoms with Crippen LogP contribution in [0.5, 0.6) is 0 Å².